The molecule has 0 saturated heterocycles. The van der Waals surface area contributed by atoms with Gasteiger partial charge < -0.3 is 8.23 Å². The first kappa shape index (κ1) is 14.3. The molecule has 0 aromatic rings. The van der Waals surface area contributed by atoms with Gasteiger partial charge in [-0.15, -0.1) is 0 Å². The van der Waals surface area contributed by atoms with Crippen LogP contribution in [0, 0.1) is 0 Å². The molecular weight excluding hydrogens is 252 g/mol. The largest absolute Gasteiger partial charge is 0.440 e. The molecule has 7 heteroatoms. The quantitative estimate of drug-likeness (QED) is 0.562. The first-order valence-corrected chi connectivity index (χ1v) is 13.0. The van der Waals surface area contributed by atoms with Gasteiger partial charge in [-0.2, -0.15) is 25.3 Å². The molecule has 0 rings (SSSR count). The van der Waals surface area contributed by atoms with Crippen molar-refractivity contribution in [2.24, 2.45) is 0 Å². The fourth-order valence-corrected chi connectivity index (χ4v) is 6.13. The minimum atomic E-state index is -1.49. The van der Waals surface area contributed by atoms with Crippen LogP contribution in [0.1, 0.15) is 0 Å². The van der Waals surface area contributed by atoms with E-state index in [2.05, 4.69) is 51.4 Å². The highest BCUT2D eigenvalue weighted by Crippen LogP contribution is 2.09. The maximum Gasteiger partial charge on any atom is 0.283 e. The van der Waals surface area contributed by atoms with Gasteiger partial charge in [0, 0.05) is 10.8 Å². The van der Waals surface area contributed by atoms with E-state index < -0.39 is 26.6 Å². The molecule has 0 aliphatic carbocycles. The first-order valence-electron chi connectivity index (χ1n) is 4.33. The summed E-state index contributed by atoms with van der Waals surface area (Å²) in [6.07, 6.45) is 0. The molecule has 0 unspecified atom stereocenters. The minimum Gasteiger partial charge on any atom is -0.440 e. The SMILES string of the molecule is C[Si](C)(CS)O[SiH2]O[Si](C)(C)CS. The van der Waals surface area contributed by atoms with E-state index in [1.165, 1.54) is 0 Å². The van der Waals surface area contributed by atoms with Crippen LogP contribution in [0.2, 0.25) is 26.2 Å². The topological polar surface area (TPSA) is 18.5 Å². The summed E-state index contributed by atoms with van der Waals surface area (Å²) in [5.41, 5.74) is 0. The standard InChI is InChI=1S/C6H20O2S2Si3/c1-12(2,5-9)7-11-8-13(3,4)6-10/h9-10H,5-6,11H2,1-4H3. The Kier molecular flexibility index (Phi) is 6.57. The Labute approximate surface area is 96.9 Å². The second kappa shape index (κ2) is 5.99. The molecule has 0 fully saturated rings. The van der Waals surface area contributed by atoms with Gasteiger partial charge in [-0.25, -0.2) is 0 Å². The van der Waals surface area contributed by atoms with E-state index in [1.807, 2.05) is 0 Å². The highest BCUT2D eigenvalue weighted by atomic mass is 32.1. The molecule has 13 heavy (non-hydrogen) atoms. The molecule has 0 N–H and O–H groups in total. The van der Waals surface area contributed by atoms with Crippen LogP contribution >= 0.6 is 25.3 Å². The third kappa shape index (κ3) is 7.23. The Morgan fingerprint density at radius 3 is 1.46 bits per heavy atom. The summed E-state index contributed by atoms with van der Waals surface area (Å²) < 4.78 is 11.6. The van der Waals surface area contributed by atoms with Crippen LogP contribution in [-0.4, -0.2) is 37.4 Å². The summed E-state index contributed by atoms with van der Waals surface area (Å²) in [5.74, 6) is 0. The summed E-state index contributed by atoms with van der Waals surface area (Å²) in [5, 5.41) is 1.73. The number of thiol groups is 2. The number of rotatable bonds is 6. The molecule has 0 aliphatic heterocycles. The van der Waals surface area contributed by atoms with Crippen LogP contribution in [0.25, 0.3) is 0 Å². The van der Waals surface area contributed by atoms with E-state index in [0.29, 0.717) is 0 Å². The zero-order valence-corrected chi connectivity index (χ0v) is 14.0. The highest BCUT2D eigenvalue weighted by molar-refractivity contribution is 7.82. The van der Waals surface area contributed by atoms with Crippen LogP contribution in [0.3, 0.4) is 0 Å². The van der Waals surface area contributed by atoms with Crippen molar-refractivity contribution in [2.45, 2.75) is 26.2 Å². The fourth-order valence-electron chi connectivity index (χ4n) is 0.440. The van der Waals surface area contributed by atoms with Crippen LogP contribution in [0.4, 0.5) is 0 Å². The summed E-state index contributed by atoms with van der Waals surface area (Å²) >= 11 is 8.54. The predicted octanol–water partition coefficient (Wildman–Crippen LogP) is 1.37. The van der Waals surface area contributed by atoms with Gasteiger partial charge in [0.15, 0.2) is 16.6 Å². The monoisotopic (exact) mass is 272 g/mol. The Morgan fingerprint density at radius 2 is 1.23 bits per heavy atom. The van der Waals surface area contributed by atoms with E-state index >= 15 is 0 Å². The third-order valence-electron chi connectivity index (χ3n) is 1.66. The van der Waals surface area contributed by atoms with Crippen molar-refractivity contribution >= 4 is 51.9 Å². The normalized spacial score (nSPS) is 13.4. The van der Waals surface area contributed by atoms with E-state index in [-0.39, 0.29) is 0 Å². The van der Waals surface area contributed by atoms with Gasteiger partial charge in [-0.1, -0.05) is 0 Å². The van der Waals surface area contributed by atoms with E-state index in [1.54, 1.807) is 0 Å². The summed E-state index contributed by atoms with van der Waals surface area (Å²) in [7, 11) is -3.78. The Hall–Kier alpha value is 1.27. The van der Waals surface area contributed by atoms with Gasteiger partial charge in [0.1, 0.15) is 0 Å². The lowest BCUT2D eigenvalue weighted by molar-refractivity contribution is 0.456. The fraction of sp³-hybridized carbons (Fsp3) is 1.00. The summed E-state index contributed by atoms with van der Waals surface area (Å²) in [4.78, 5) is 0. The lowest BCUT2D eigenvalue weighted by atomic mass is 11.8. The van der Waals surface area contributed by atoms with Crippen LogP contribution in [-0.2, 0) is 8.23 Å². The van der Waals surface area contributed by atoms with Crippen LogP contribution in [0.5, 0.6) is 0 Å². The molecule has 0 amide bonds. The number of hydrogen-bond donors (Lipinski definition) is 2. The van der Waals surface area contributed by atoms with E-state index in [4.69, 9.17) is 8.23 Å². The molecule has 80 valence electrons. The molecule has 0 spiro atoms. The zero-order valence-electron chi connectivity index (χ0n) is 8.83. The second-order valence-corrected chi connectivity index (χ2v) is 16.4. The first-order chi connectivity index (χ1) is 5.83. The van der Waals surface area contributed by atoms with Gasteiger partial charge in [0.25, 0.3) is 10.0 Å². The maximum atomic E-state index is 5.80. The van der Waals surface area contributed by atoms with E-state index in [9.17, 15) is 0 Å². The maximum absolute atomic E-state index is 5.80. The summed E-state index contributed by atoms with van der Waals surface area (Å²) in [6, 6.07) is 0. The van der Waals surface area contributed by atoms with Gasteiger partial charge in [0.2, 0.25) is 0 Å². The van der Waals surface area contributed by atoms with Crippen molar-refractivity contribution in [3.63, 3.8) is 0 Å². The molecule has 0 aromatic heterocycles. The Balaban J connectivity index is 3.68. The van der Waals surface area contributed by atoms with Gasteiger partial charge in [-0.3, -0.25) is 0 Å². The molecule has 2 nitrogen and oxygen atoms in total. The molecule has 0 bridgehead atoms. The molecule has 0 aromatic carbocycles. The van der Waals surface area contributed by atoms with Gasteiger partial charge in [0.05, 0.1) is 0 Å². The van der Waals surface area contributed by atoms with Crippen molar-refractivity contribution in [1.82, 2.24) is 0 Å². The van der Waals surface area contributed by atoms with Crippen molar-refractivity contribution < 1.29 is 8.23 Å². The van der Waals surface area contributed by atoms with Gasteiger partial charge in [-0.05, 0) is 26.2 Å². The van der Waals surface area contributed by atoms with Crippen molar-refractivity contribution in [2.75, 3.05) is 10.8 Å². The smallest absolute Gasteiger partial charge is 0.283 e. The lowest BCUT2D eigenvalue weighted by Gasteiger charge is -2.25. The Bertz CT molecular complexity index is 139. The zero-order chi connectivity index (χ0) is 10.5. The molecular formula is C6H20O2S2Si3. The van der Waals surface area contributed by atoms with Crippen molar-refractivity contribution in [3.05, 3.63) is 0 Å². The molecule has 0 radical (unpaired) electrons. The molecule has 0 aliphatic rings. The van der Waals surface area contributed by atoms with Crippen LogP contribution in [0.15, 0.2) is 0 Å². The van der Waals surface area contributed by atoms with Crippen molar-refractivity contribution in [1.29, 1.82) is 0 Å². The molecule has 0 atom stereocenters. The van der Waals surface area contributed by atoms with Crippen LogP contribution < -0.4 is 0 Å². The number of hydrogen-bond acceptors (Lipinski definition) is 4. The second-order valence-electron chi connectivity index (χ2n) is 4.24. The lowest BCUT2D eigenvalue weighted by Crippen LogP contribution is -2.41. The molecule has 0 heterocycles. The van der Waals surface area contributed by atoms with Gasteiger partial charge >= 0.3 is 0 Å². The summed E-state index contributed by atoms with van der Waals surface area (Å²) in [6.45, 7) is 8.69. The molecule has 0 saturated carbocycles. The average molecular weight is 273 g/mol. The Morgan fingerprint density at radius 1 is 0.923 bits per heavy atom. The van der Waals surface area contributed by atoms with Crippen molar-refractivity contribution in [3.8, 4) is 0 Å². The van der Waals surface area contributed by atoms with E-state index in [0.717, 1.165) is 10.8 Å². The predicted molar refractivity (Wildman–Crippen MR) is 73.4 cm³/mol. The highest BCUT2D eigenvalue weighted by Gasteiger charge is 2.24. The minimum absolute atomic E-state index is 0.793. The third-order valence-corrected chi connectivity index (χ3v) is 14.9. The average Bonchev–Trinajstić information content (AvgIpc) is 2.04.